The first-order valence-corrected chi connectivity index (χ1v) is 18.2. The lowest BCUT2D eigenvalue weighted by Crippen LogP contribution is -1.92. The minimum Gasteiger partial charge on any atom is -0.455 e. The van der Waals surface area contributed by atoms with Crippen LogP contribution in [0, 0.1) is 0 Å². The topological polar surface area (TPSA) is 13.1 Å². The van der Waals surface area contributed by atoms with Crippen LogP contribution < -0.4 is 0 Å². The first kappa shape index (κ1) is 27.9. The van der Waals surface area contributed by atoms with Gasteiger partial charge in [-0.1, -0.05) is 140 Å². The lowest BCUT2D eigenvalue weighted by molar-refractivity contribution is 0.673. The maximum absolute atomic E-state index is 6.91. The summed E-state index contributed by atoms with van der Waals surface area (Å²) in [7, 11) is 0. The SMILES string of the molecule is C1=CCCC(c2ccc(-c3c4ccccc4c(-c4ccc5c(c4)oc4c6ccccc6c6c7ccccc7sc6c54)c4ccccc34)cc2)=C1. The van der Waals surface area contributed by atoms with Crippen LogP contribution in [0.15, 0.2) is 162 Å². The van der Waals surface area contributed by atoms with Crippen LogP contribution >= 0.6 is 11.3 Å². The summed E-state index contributed by atoms with van der Waals surface area (Å²) in [5.74, 6) is 0. The van der Waals surface area contributed by atoms with E-state index in [1.807, 2.05) is 11.3 Å². The molecule has 0 saturated heterocycles. The predicted molar refractivity (Wildman–Crippen MR) is 216 cm³/mol. The molecule has 50 heavy (non-hydrogen) atoms. The van der Waals surface area contributed by atoms with Crippen molar-refractivity contribution in [1.29, 1.82) is 0 Å². The van der Waals surface area contributed by atoms with E-state index in [1.54, 1.807) is 0 Å². The fraction of sp³-hybridized carbons (Fsp3) is 0.0417. The number of benzene rings is 8. The van der Waals surface area contributed by atoms with Crippen molar-refractivity contribution in [3.63, 3.8) is 0 Å². The monoisotopic (exact) mass is 654 g/mol. The Morgan fingerprint density at radius 1 is 0.480 bits per heavy atom. The molecular formula is C48H30OS. The Labute approximate surface area is 293 Å². The van der Waals surface area contributed by atoms with E-state index in [2.05, 4.69) is 158 Å². The van der Waals surface area contributed by atoms with Gasteiger partial charge < -0.3 is 4.42 Å². The zero-order valence-electron chi connectivity index (χ0n) is 27.2. The van der Waals surface area contributed by atoms with Crippen LogP contribution in [0.2, 0.25) is 0 Å². The van der Waals surface area contributed by atoms with Crippen LogP contribution in [0.25, 0.3) is 102 Å². The molecular weight excluding hydrogens is 625 g/mol. The van der Waals surface area contributed by atoms with Gasteiger partial charge in [0, 0.05) is 36.3 Å². The lowest BCUT2D eigenvalue weighted by Gasteiger charge is -2.18. The van der Waals surface area contributed by atoms with Crippen molar-refractivity contribution in [1.82, 2.24) is 0 Å². The summed E-state index contributed by atoms with van der Waals surface area (Å²) >= 11 is 1.87. The van der Waals surface area contributed by atoms with Gasteiger partial charge in [-0.15, -0.1) is 11.3 Å². The Kier molecular flexibility index (Phi) is 6.02. The highest BCUT2D eigenvalue weighted by atomic mass is 32.1. The Morgan fingerprint density at radius 3 is 1.74 bits per heavy atom. The van der Waals surface area contributed by atoms with Crippen LogP contribution in [0.4, 0.5) is 0 Å². The van der Waals surface area contributed by atoms with Crippen molar-refractivity contribution in [2.75, 3.05) is 0 Å². The van der Waals surface area contributed by atoms with Crippen LogP contribution in [0.1, 0.15) is 18.4 Å². The minimum absolute atomic E-state index is 0.923. The van der Waals surface area contributed by atoms with Crippen molar-refractivity contribution >= 4 is 91.3 Å². The smallest absolute Gasteiger partial charge is 0.144 e. The number of hydrogen-bond donors (Lipinski definition) is 0. The highest BCUT2D eigenvalue weighted by molar-refractivity contribution is 7.27. The predicted octanol–water partition coefficient (Wildman–Crippen LogP) is 14.5. The Balaban J connectivity index is 1.16. The maximum atomic E-state index is 6.91. The second-order valence-electron chi connectivity index (χ2n) is 13.4. The third-order valence-corrected chi connectivity index (χ3v) is 11.9. The molecule has 0 unspecified atom stereocenters. The molecule has 10 aromatic rings. The Hall–Kier alpha value is -5.96. The molecule has 0 N–H and O–H groups in total. The van der Waals surface area contributed by atoms with Crippen LogP contribution in [-0.4, -0.2) is 0 Å². The van der Waals surface area contributed by atoms with Gasteiger partial charge in [-0.05, 0) is 91.4 Å². The summed E-state index contributed by atoms with van der Waals surface area (Å²) in [6.45, 7) is 0. The molecule has 1 aliphatic carbocycles. The van der Waals surface area contributed by atoms with E-state index < -0.39 is 0 Å². The molecule has 0 saturated carbocycles. The number of allylic oxidation sites excluding steroid dienone is 4. The van der Waals surface area contributed by atoms with E-state index in [9.17, 15) is 0 Å². The number of furan rings is 1. The summed E-state index contributed by atoms with van der Waals surface area (Å²) in [5.41, 5.74) is 9.55. The molecule has 1 aliphatic rings. The summed E-state index contributed by atoms with van der Waals surface area (Å²) in [6.07, 6.45) is 8.88. The number of fused-ring (bicyclic) bond motifs is 12. The third-order valence-electron chi connectivity index (χ3n) is 10.7. The minimum atomic E-state index is 0.923. The van der Waals surface area contributed by atoms with Gasteiger partial charge in [0.15, 0.2) is 0 Å². The standard InChI is InChI=1S/C48H30OS/c1-2-12-29(13-3-1)30-22-24-31(25-23-30)43-33-14-4-6-16-35(33)44(36-17-7-5-15-34(36)43)32-26-27-39-41(28-32)49-47-38-19-9-8-18-37(38)45-40-20-10-11-21-42(40)50-48(45)46(39)47/h1-2,4-12,14-28H,3,13H2. The molecule has 0 bridgehead atoms. The first-order chi connectivity index (χ1) is 24.8. The van der Waals surface area contributed by atoms with Crippen molar-refractivity contribution < 1.29 is 4.42 Å². The van der Waals surface area contributed by atoms with E-state index in [0.29, 0.717) is 0 Å². The highest BCUT2D eigenvalue weighted by Crippen LogP contribution is 2.49. The zero-order valence-corrected chi connectivity index (χ0v) is 28.1. The number of hydrogen-bond acceptors (Lipinski definition) is 2. The fourth-order valence-corrected chi connectivity index (χ4v) is 9.77. The fourth-order valence-electron chi connectivity index (χ4n) is 8.50. The second kappa shape index (κ2) is 10.8. The van der Waals surface area contributed by atoms with E-state index in [4.69, 9.17) is 4.42 Å². The maximum Gasteiger partial charge on any atom is 0.144 e. The van der Waals surface area contributed by atoms with Crippen molar-refractivity contribution in [2.45, 2.75) is 12.8 Å². The molecule has 2 heterocycles. The van der Waals surface area contributed by atoms with Crippen molar-refractivity contribution in [3.05, 3.63) is 163 Å². The molecule has 0 fully saturated rings. The molecule has 0 radical (unpaired) electrons. The first-order valence-electron chi connectivity index (χ1n) is 17.4. The van der Waals surface area contributed by atoms with Crippen molar-refractivity contribution in [3.8, 4) is 22.3 Å². The largest absolute Gasteiger partial charge is 0.455 e. The summed E-state index contributed by atoms with van der Waals surface area (Å²) in [5, 5.41) is 12.5. The van der Waals surface area contributed by atoms with Crippen LogP contribution in [-0.2, 0) is 0 Å². The zero-order chi connectivity index (χ0) is 32.8. The molecule has 0 amide bonds. The Bertz CT molecular complexity index is 3020. The molecule has 8 aromatic carbocycles. The molecule has 11 rings (SSSR count). The Morgan fingerprint density at radius 2 is 1.06 bits per heavy atom. The van der Waals surface area contributed by atoms with Crippen LogP contribution in [0.5, 0.6) is 0 Å². The van der Waals surface area contributed by atoms with Gasteiger partial charge in [0.25, 0.3) is 0 Å². The molecule has 234 valence electrons. The molecule has 2 aromatic heterocycles. The van der Waals surface area contributed by atoms with E-state index in [0.717, 1.165) is 24.0 Å². The summed E-state index contributed by atoms with van der Waals surface area (Å²) in [6, 6.07) is 51.4. The van der Waals surface area contributed by atoms with Gasteiger partial charge in [0.05, 0.1) is 0 Å². The quantitative estimate of drug-likeness (QED) is 0.173. The average Bonchev–Trinajstić information content (AvgIpc) is 3.76. The van der Waals surface area contributed by atoms with Crippen molar-refractivity contribution in [2.24, 2.45) is 0 Å². The summed E-state index contributed by atoms with van der Waals surface area (Å²) in [4.78, 5) is 0. The van der Waals surface area contributed by atoms with Gasteiger partial charge >= 0.3 is 0 Å². The third kappa shape index (κ3) is 4.00. The molecule has 0 aliphatic heterocycles. The highest BCUT2D eigenvalue weighted by Gasteiger charge is 2.21. The van der Waals surface area contributed by atoms with E-state index in [1.165, 1.54) is 96.7 Å². The number of thiophene rings is 1. The molecule has 0 spiro atoms. The molecule has 0 atom stereocenters. The summed E-state index contributed by atoms with van der Waals surface area (Å²) < 4.78 is 9.52. The van der Waals surface area contributed by atoms with Gasteiger partial charge in [0.2, 0.25) is 0 Å². The normalized spacial score (nSPS) is 13.5. The van der Waals surface area contributed by atoms with Crippen LogP contribution in [0.3, 0.4) is 0 Å². The van der Waals surface area contributed by atoms with E-state index in [-0.39, 0.29) is 0 Å². The van der Waals surface area contributed by atoms with E-state index >= 15 is 0 Å². The molecule has 1 nitrogen and oxygen atoms in total. The molecule has 2 heteroatoms. The van der Waals surface area contributed by atoms with Gasteiger partial charge in [0.1, 0.15) is 11.2 Å². The number of rotatable bonds is 3. The second-order valence-corrected chi connectivity index (χ2v) is 14.5. The average molecular weight is 655 g/mol. The van der Waals surface area contributed by atoms with Gasteiger partial charge in [-0.3, -0.25) is 0 Å². The van der Waals surface area contributed by atoms with Gasteiger partial charge in [-0.2, -0.15) is 0 Å². The van der Waals surface area contributed by atoms with Gasteiger partial charge in [-0.25, -0.2) is 0 Å². The lowest BCUT2D eigenvalue weighted by atomic mass is 9.85.